The lowest BCUT2D eigenvalue weighted by Gasteiger charge is -2.10. The van der Waals surface area contributed by atoms with Crippen LogP contribution in [-0.2, 0) is 4.79 Å². The molecule has 32 heavy (non-hydrogen) atoms. The van der Waals surface area contributed by atoms with Gasteiger partial charge in [0.15, 0.2) is 0 Å². The third-order valence-electron chi connectivity index (χ3n) is 4.49. The summed E-state index contributed by atoms with van der Waals surface area (Å²) in [6.45, 7) is 5.70. The fraction of sp³-hybridized carbons (Fsp3) is 0.0833. The van der Waals surface area contributed by atoms with Crippen LogP contribution >= 0.6 is 0 Å². The standard InChI is InChI=1S/C24H21N3O5/c1-3-14-25-24(29)21(26-23(28)18-6-4-16(2)5-7-18)15-20-12-13-22(32-20)17-8-10-19(11-9-17)27(30)31/h3-13,15H,1,14H2,2H3,(H,25,29)(H,26,28)/b21-15+. The second-order valence-electron chi connectivity index (χ2n) is 6.88. The molecule has 0 saturated heterocycles. The molecule has 3 rings (SSSR count). The Morgan fingerprint density at radius 2 is 1.75 bits per heavy atom. The van der Waals surface area contributed by atoms with E-state index in [4.69, 9.17) is 4.42 Å². The number of nitrogens with one attached hydrogen (secondary N) is 2. The van der Waals surface area contributed by atoms with E-state index in [1.807, 2.05) is 6.92 Å². The first-order valence-electron chi connectivity index (χ1n) is 9.71. The number of rotatable bonds is 8. The van der Waals surface area contributed by atoms with Crippen molar-refractivity contribution < 1.29 is 18.9 Å². The van der Waals surface area contributed by atoms with Crippen LogP contribution in [0.25, 0.3) is 17.4 Å². The molecule has 0 spiro atoms. The molecule has 3 aromatic rings. The number of aryl methyl sites for hydroxylation is 1. The highest BCUT2D eigenvalue weighted by Gasteiger charge is 2.15. The number of carbonyl (C=O) groups is 2. The van der Waals surface area contributed by atoms with Crippen molar-refractivity contribution in [3.8, 4) is 11.3 Å². The van der Waals surface area contributed by atoms with Crippen LogP contribution < -0.4 is 10.6 Å². The van der Waals surface area contributed by atoms with Crippen LogP contribution in [0, 0.1) is 17.0 Å². The molecule has 0 unspecified atom stereocenters. The predicted molar refractivity (Wildman–Crippen MR) is 121 cm³/mol. The SMILES string of the molecule is C=CCNC(=O)/C(=C\c1ccc(-c2ccc([N+](=O)[O-])cc2)o1)NC(=O)c1ccc(C)cc1. The van der Waals surface area contributed by atoms with Crippen LogP contribution in [0.4, 0.5) is 5.69 Å². The summed E-state index contributed by atoms with van der Waals surface area (Å²) in [4.78, 5) is 35.5. The zero-order valence-corrected chi connectivity index (χ0v) is 17.3. The Hall–Kier alpha value is -4.46. The Labute approximate surface area is 184 Å². The fourth-order valence-electron chi connectivity index (χ4n) is 2.79. The van der Waals surface area contributed by atoms with Crippen molar-refractivity contribution in [1.82, 2.24) is 10.6 Å². The Bertz CT molecular complexity index is 1180. The van der Waals surface area contributed by atoms with Crippen LogP contribution in [0.5, 0.6) is 0 Å². The first-order chi connectivity index (χ1) is 15.4. The molecular formula is C24H21N3O5. The van der Waals surface area contributed by atoms with E-state index in [1.165, 1.54) is 24.3 Å². The maximum Gasteiger partial charge on any atom is 0.269 e. The lowest BCUT2D eigenvalue weighted by molar-refractivity contribution is -0.384. The highest BCUT2D eigenvalue weighted by Crippen LogP contribution is 2.25. The second-order valence-corrected chi connectivity index (χ2v) is 6.88. The van der Waals surface area contributed by atoms with Crippen molar-refractivity contribution in [2.24, 2.45) is 0 Å². The zero-order valence-electron chi connectivity index (χ0n) is 17.3. The number of non-ortho nitro benzene ring substituents is 1. The van der Waals surface area contributed by atoms with E-state index >= 15 is 0 Å². The lowest BCUT2D eigenvalue weighted by Crippen LogP contribution is -2.34. The average Bonchev–Trinajstić information content (AvgIpc) is 3.26. The molecule has 0 aliphatic rings. The first-order valence-corrected chi connectivity index (χ1v) is 9.71. The van der Waals surface area contributed by atoms with Gasteiger partial charge in [-0.2, -0.15) is 0 Å². The summed E-state index contributed by atoms with van der Waals surface area (Å²) in [6, 6.07) is 16.2. The number of benzene rings is 2. The van der Waals surface area contributed by atoms with E-state index in [0.29, 0.717) is 22.6 Å². The summed E-state index contributed by atoms with van der Waals surface area (Å²) < 4.78 is 5.76. The van der Waals surface area contributed by atoms with E-state index in [-0.39, 0.29) is 17.9 Å². The van der Waals surface area contributed by atoms with Gasteiger partial charge in [0.1, 0.15) is 17.2 Å². The van der Waals surface area contributed by atoms with Crippen LogP contribution in [0.1, 0.15) is 21.7 Å². The number of amides is 2. The third kappa shape index (κ3) is 5.57. The van der Waals surface area contributed by atoms with Gasteiger partial charge in [-0.25, -0.2) is 0 Å². The van der Waals surface area contributed by atoms with Crippen LogP contribution in [0.15, 0.2) is 83.4 Å². The summed E-state index contributed by atoms with van der Waals surface area (Å²) in [5, 5.41) is 16.1. The molecule has 162 valence electrons. The average molecular weight is 431 g/mol. The minimum atomic E-state index is -0.501. The van der Waals surface area contributed by atoms with Gasteiger partial charge in [0, 0.05) is 35.9 Å². The Morgan fingerprint density at radius 1 is 1.06 bits per heavy atom. The van der Waals surface area contributed by atoms with Gasteiger partial charge in [-0.15, -0.1) is 6.58 Å². The zero-order chi connectivity index (χ0) is 23.1. The predicted octanol–water partition coefficient (Wildman–Crippen LogP) is 4.24. The molecule has 0 bridgehead atoms. The number of nitro groups is 1. The molecule has 2 N–H and O–H groups in total. The largest absolute Gasteiger partial charge is 0.457 e. The van der Waals surface area contributed by atoms with Crippen molar-refractivity contribution in [3.63, 3.8) is 0 Å². The second kappa shape index (κ2) is 10.0. The number of carbonyl (C=O) groups excluding carboxylic acids is 2. The molecular weight excluding hydrogens is 410 g/mol. The quantitative estimate of drug-likeness (QED) is 0.240. The molecule has 1 heterocycles. The van der Waals surface area contributed by atoms with Gasteiger partial charge in [-0.3, -0.25) is 19.7 Å². The summed E-state index contributed by atoms with van der Waals surface area (Å²) in [5.74, 6) is -0.154. The van der Waals surface area contributed by atoms with E-state index in [2.05, 4.69) is 17.2 Å². The minimum Gasteiger partial charge on any atom is -0.457 e. The highest BCUT2D eigenvalue weighted by atomic mass is 16.6. The third-order valence-corrected chi connectivity index (χ3v) is 4.49. The molecule has 0 aliphatic carbocycles. The summed E-state index contributed by atoms with van der Waals surface area (Å²) in [6.07, 6.45) is 2.94. The fourth-order valence-corrected chi connectivity index (χ4v) is 2.79. The minimum absolute atomic E-state index is 0.00187. The van der Waals surface area contributed by atoms with Crippen LogP contribution in [0.3, 0.4) is 0 Å². The Morgan fingerprint density at radius 3 is 2.38 bits per heavy atom. The van der Waals surface area contributed by atoms with Crippen molar-refractivity contribution in [3.05, 3.63) is 106 Å². The maximum absolute atomic E-state index is 12.6. The van der Waals surface area contributed by atoms with Crippen molar-refractivity contribution in [2.45, 2.75) is 6.92 Å². The maximum atomic E-state index is 12.6. The molecule has 2 amide bonds. The molecule has 0 saturated carbocycles. The normalized spacial score (nSPS) is 11.0. The van der Waals surface area contributed by atoms with E-state index < -0.39 is 16.7 Å². The highest BCUT2D eigenvalue weighted by molar-refractivity contribution is 6.05. The topological polar surface area (TPSA) is 114 Å². The summed E-state index contributed by atoms with van der Waals surface area (Å²) in [5.41, 5.74) is 2.03. The number of furan rings is 1. The van der Waals surface area contributed by atoms with Crippen LogP contribution in [0.2, 0.25) is 0 Å². The van der Waals surface area contributed by atoms with Crippen molar-refractivity contribution >= 4 is 23.6 Å². The van der Waals surface area contributed by atoms with E-state index in [0.717, 1.165) is 5.56 Å². The van der Waals surface area contributed by atoms with Crippen molar-refractivity contribution in [1.29, 1.82) is 0 Å². The van der Waals surface area contributed by atoms with Gasteiger partial charge in [0.05, 0.1) is 4.92 Å². The number of hydrogen-bond donors (Lipinski definition) is 2. The van der Waals surface area contributed by atoms with Gasteiger partial charge in [-0.1, -0.05) is 23.8 Å². The Balaban J connectivity index is 1.85. The summed E-state index contributed by atoms with van der Waals surface area (Å²) in [7, 11) is 0. The molecule has 1 aromatic heterocycles. The number of nitro benzene ring substituents is 1. The van der Waals surface area contributed by atoms with E-state index in [9.17, 15) is 19.7 Å². The first kappa shape index (κ1) is 22.2. The number of nitrogens with zero attached hydrogens (tertiary/aromatic N) is 1. The summed E-state index contributed by atoms with van der Waals surface area (Å²) >= 11 is 0. The smallest absolute Gasteiger partial charge is 0.269 e. The molecule has 0 aliphatic heterocycles. The Kier molecular flexibility index (Phi) is 6.97. The van der Waals surface area contributed by atoms with Crippen molar-refractivity contribution in [2.75, 3.05) is 6.54 Å². The van der Waals surface area contributed by atoms with Crippen LogP contribution in [-0.4, -0.2) is 23.3 Å². The van der Waals surface area contributed by atoms with Gasteiger partial charge < -0.3 is 15.1 Å². The molecule has 8 heteroatoms. The van der Waals surface area contributed by atoms with Gasteiger partial charge >= 0.3 is 0 Å². The molecule has 0 fully saturated rings. The van der Waals surface area contributed by atoms with Gasteiger partial charge in [-0.05, 0) is 43.3 Å². The lowest BCUT2D eigenvalue weighted by atomic mass is 10.1. The van der Waals surface area contributed by atoms with E-state index in [1.54, 1.807) is 48.5 Å². The van der Waals surface area contributed by atoms with Gasteiger partial charge in [0.25, 0.3) is 17.5 Å². The molecule has 0 radical (unpaired) electrons. The molecule has 8 nitrogen and oxygen atoms in total. The monoisotopic (exact) mass is 431 g/mol. The molecule has 0 atom stereocenters. The number of hydrogen-bond acceptors (Lipinski definition) is 5. The van der Waals surface area contributed by atoms with Gasteiger partial charge in [0.2, 0.25) is 0 Å². The molecule has 2 aromatic carbocycles.